The molecule has 0 aromatic carbocycles. The predicted molar refractivity (Wildman–Crippen MR) is 93.5 cm³/mol. The van der Waals surface area contributed by atoms with Crippen molar-refractivity contribution < 1.29 is 14.6 Å². The minimum absolute atomic E-state index is 0.0548. The number of amides is 1. The van der Waals surface area contributed by atoms with Crippen molar-refractivity contribution in [1.82, 2.24) is 10.2 Å². The third-order valence-corrected chi connectivity index (χ3v) is 4.77. The lowest BCUT2D eigenvalue weighted by Gasteiger charge is -2.41. The monoisotopic (exact) mass is 328 g/mol. The zero-order chi connectivity index (χ0) is 17.7. The van der Waals surface area contributed by atoms with Crippen molar-refractivity contribution in [3.63, 3.8) is 0 Å². The molecule has 1 amide bonds. The van der Waals surface area contributed by atoms with Crippen LogP contribution in [0.15, 0.2) is 0 Å². The summed E-state index contributed by atoms with van der Waals surface area (Å²) in [4.78, 5) is 14.1. The van der Waals surface area contributed by atoms with E-state index >= 15 is 0 Å². The Labute approximate surface area is 141 Å². The number of ether oxygens (including phenoxy) is 1. The molecule has 0 radical (unpaired) electrons. The molecule has 1 aliphatic rings. The summed E-state index contributed by atoms with van der Waals surface area (Å²) in [6.45, 7) is 15.4. The molecule has 0 bridgehead atoms. The molecule has 2 N–H and O–H groups in total. The summed E-state index contributed by atoms with van der Waals surface area (Å²) >= 11 is 0. The molecule has 5 nitrogen and oxygen atoms in total. The molecule has 23 heavy (non-hydrogen) atoms. The van der Waals surface area contributed by atoms with Crippen LogP contribution in [-0.4, -0.2) is 54.5 Å². The fourth-order valence-electron chi connectivity index (χ4n) is 2.90. The van der Waals surface area contributed by atoms with Crippen molar-refractivity contribution in [2.75, 3.05) is 32.8 Å². The summed E-state index contributed by atoms with van der Waals surface area (Å²) in [7, 11) is 0. The third-order valence-electron chi connectivity index (χ3n) is 4.77. The number of nitrogens with one attached hydrogen (secondary N) is 1. The Kier molecular flexibility index (Phi) is 6.90. The molecule has 1 saturated heterocycles. The van der Waals surface area contributed by atoms with Gasteiger partial charge in [0, 0.05) is 38.2 Å². The van der Waals surface area contributed by atoms with Gasteiger partial charge in [-0.2, -0.15) is 0 Å². The summed E-state index contributed by atoms with van der Waals surface area (Å²) < 4.78 is 5.50. The Hall–Kier alpha value is -0.810. The van der Waals surface area contributed by atoms with Gasteiger partial charge in [-0.3, -0.25) is 0 Å². The highest BCUT2D eigenvalue weighted by molar-refractivity contribution is 5.68. The third kappa shape index (κ3) is 6.68. The minimum atomic E-state index is -0.451. The van der Waals surface area contributed by atoms with Crippen LogP contribution in [0.1, 0.15) is 60.8 Å². The zero-order valence-electron chi connectivity index (χ0n) is 15.9. The van der Waals surface area contributed by atoms with Gasteiger partial charge in [0.25, 0.3) is 0 Å². The molecule has 0 aromatic rings. The summed E-state index contributed by atoms with van der Waals surface area (Å²) in [5, 5.41) is 13.0. The van der Waals surface area contributed by atoms with Crippen molar-refractivity contribution in [3.8, 4) is 0 Å². The Morgan fingerprint density at radius 3 is 2.52 bits per heavy atom. The molecule has 1 aliphatic heterocycles. The Morgan fingerprint density at radius 1 is 1.35 bits per heavy atom. The normalized spacial score (nSPS) is 25.1. The highest BCUT2D eigenvalue weighted by atomic mass is 16.6. The first-order chi connectivity index (χ1) is 10.5. The topological polar surface area (TPSA) is 61.8 Å². The number of hydrogen-bond donors (Lipinski definition) is 2. The van der Waals surface area contributed by atoms with E-state index < -0.39 is 5.60 Å². The smallest absolute Gasteiger partial charge is 0.410 e. The highest BCUT2D eigenvalue weighted by Gasteiger charge is 2.35. The van der Waals surface area contributed by atoms with Gasteiger partial charge in [0.1, 0.15) is 5.60 Å². The van der Waals surface area contributed by atoms with Crippen LogP contribution in [-0.2, 0) is 4.74 Å². The Morgan fingerprint density at radius 2 is 2.00 bits per heavy atom. The van der Waals surface area contributed by atoms with E-state index in [4.69, 9.17) is 4.74 Å². The number of carbonyl (C=O) groups is 1. The van der Waals surface area contributed by atoms with Crippen LogP contribution in [0.2, 0.25) is 0 Å². The number of nitrogens with zero attached hydrogens (tertiary/aromatic N) is 1. The first kappa shape index (κ1) is 20.2. The molecule has 5 heteroatoms. The van der Waals surface area contributed by atoms with Crippen LogP contribution in [0.25, 0.3) is 0 Å². The molecular formula is C18H36N2O3. The molecule has 0 saturated carbocycles. The van der Waals surface area contributed by atoms with Crippen LogP contribution < -0.4 is 5.32 Å². The van der Waals surface area contributed by atoms with E-state index in [1.165, 1.54) is 0 Å². The van der Waals surface area contributed by atoms with E-state index in [0.717, 1.165) is 45.4 Å². The van der Waals surface area contributed by atoms with Gasteiger partial charge in [0.2, 0.25) is 0 Å². The molecule has 136 valence electrons. The van der Waals surface area contributed by atoms with Gasteiger partial charge in [-0.05, 0) is 45.4 Å². The van der Waals surface area contributed by atoms with Gasteiger partial charge in [0.15, 0.2) is 0 Å². The van der Waals surface area contributed by atoms with E-state index in [-0.39, 0.29) is 23.5 Å². The first-order valence-corrected chi connectivity index (χ1v) is 8.82. The summed E-state index contributed by atoms with van der Waals surface area (Å²) in [5.41, 5.74) is -0.470. The lowest BCUT2D eigenvalue weighted by atomic mass is 9.81. The number of piperidine rings is 1. The van der Waals surface area contributed by atoms with Gasteiger partial charge in [-0.25, -0.2) is 4.79 Å². The lowest BCUT2D eigenvalue weighted by molar-refractivity contribution is 0.00625. The molecule has 1 heterocycles. The zero-order valence-corrected chi connectivity index (χ0v) is 15.9. The van der Waals surface area contributed by atoms with Crippen molar-refractivity contribution in [2.45, 2.75) is 66.4 Å². The van der Waals surface area contributed by atoms with Crippen molar-refractivity contribution >= 4 is 6.09 Å². The van der Waals surface area contributed by atoms with Crippen LogP contribution in [0, 0.1) is 10.8 Å². The Balaban J connectivity index is 2.53. The molecule has 0 aromatic heterocycles. The second-order valence-corrected chi connectivity index (χ2v) is 8.74. The predicted octanol–water partition coefficient (Wildman–Crippen LogP) is 3.02. The van der Waals surface area contributed by atoms with Crippen LogP contribution in [0.5, 0.6) is 0 Å². The molecule has 1 fully saturated rings. The van der Waals surface area contributed by atoms with Crippen LogP contribution in [0.3, 0.4) is 0 Å². The molecule has 2 unspecified atom stereocenters. The second kappa shape index (κ2) is 7.84. The Bertz CT molecular complexity index is 388. The van der Waals surface area contributed by atoms with E-state index in [9.17, 15) is 9.90 Å². The summed E-state index contributed by atoms with van der Waals surface area (Å²) in [6.07, 6.45) is 2.83. The number of aliphatic hydroxyl groups excluding tert-OH is 1. The van der Waals surface area contributed by atoms with Gasteiger partial charge in [0.05, 0.1) is 0 Å². The van der Waals surface area contributed by atoms with E-state index in [0.29, 0.717) is 0 Å². The second-order valence-electron chi connectivity index (χ2n) is 8.74. The molecular weight excluding hydrogens is 292 g/mol. The number of carbonyl (C=O) groups excluding carboxylic acids is 1. The maximum absolute atomic E-state index is 12.3. The number of hydrogen-bond acceptors (Lipinski definition) is 4. The van der Waals surface area contributed by atoms with Crippen molar-refractivity contribution in [2.24, 2.45) is 10.8 Å². The average molecular weight is 328 g/mol. The van der Waals surface area contributed by atoms with Crippen molar-refractivity contribution in [3.05, 3.63) is 0 Å². The molecule has 0 aliphatic carbocycles. The quantitative estimate of drug-likeness (QED) is 0.787. The summed E-state index contributed by atoms with van der Waals surface area (Å²) in [5.74, 6) is 0. The fourth-order valence-corrected chi connectivity index (χ4v) is 2.90. The number of rotatable bonds is 6. The average Bonchev–Trinajstić information content (AvgIpc) is 2.45. The summed E-state index contributed by atoms with van der Waals surface area (Å²) in [6, 6.07) is 0. The van der Waals surface area contributed by atoms with Crippen molar-refractivity contribution in [1.29, 1.82) is 0 Å². The molecule has 0 spiro atoms. The number of likely N-dealkylation sites (tertiary alicyclic amines) is 1. The van der Waals surface area contributed by atoms with E-state index in [1.54, 1.807) is 0 Å². The van der Waals surface area contributed by atoms with Crippen LogP contribution in [0.4, 0.5) is 4.79 Å². The van der Waals surface area contributed by atoms with Gasteiger partial charge >= 0.3 is 6.09 Å². The van der Waals surface area contributed by atoms with E-state index in [2.05, 4.69) is 26.1 Å². The molecule has 1 rings (SSSR count). The van der Waals surface area contributed by atoms with E-state index in [1.807, 2.05) is 25.7 Å². The van der Waals surface area contributed by atoms with Gasteiger partial charge < -0.3 is 20.1 Å². The highest BCUT2D eigenvalue weighted by Crippen LogP contribution is 2.30. The number of aliphatic hydroxyl groups is 1. The van der Waals surface area contributed by atoms with Gasteiger partial charge in [-0.1, -0.05) is 20.8 Å². The maximum Gasteiger partial charge on any atom is 0.410 e. The maximum atomic E-state index is 12.3. The standard InChI is InChI=1S/C18H36N2O3/c1-7-17(5,14-21)11-19-12-18(6)9-8-10-20(13-18)15(22)23-16(2,3)4/h19,21H,7-14H2,1-6H3. The SMILES string of the molecule is CCC(C)(CO)CNCC1(C)CCCN(C(=O)OC(C)(C)C)C1. The van der Waals surface area contributed by atoms with Crippen LogP contribution >= 0.6 is 0 Å². The fraction of sp³-hybridized carbons (Fsp3) is 0.944. The lowest BCUT2D eigenvalue weighted by Crippen LogP contribution is -2.51. The minimum Gasteiger partial charge on any atom is -0.444 e. The largest absolute Gasteiger partial charge is 0.444 e. The first-order valence-electron chi connectivity index (χ1n) is 8.82. The molecule has 2 atom stereocenters. The van der Waals surface area contributed by atoms with Gasteiger partial charge in [-0.15, -0.1) is 0 Å².